The normalized spacial score (nSPS) is 18.0. The van der Waals surface area contributed by atoms with E-state index in [1.54, 1.807) is 6.20 Å². The zero-order valence-corrected chi connectivity index (χ0v) is 21.8. The van der Waals surface area contributed by atoms with Crippen LogP contribution >= 0.6 is 24.4 Å². The highest BCUT2D eigenvalue weighted by atomic mass is 32.2. The second-order valence-corrected chi connectivity index (χ2v) is 10.1. The van der Waals surface area contributed by atoms with Gasteiger partial charge >= 0.3 is 5.97 Å². The summed E-state index contributed by atoms with van der Waals surface area (Å²) >= 11 is 5.56. The van der Waals surface area contributed by atoms with Crippen molar-refractivity contribution in [1.82, 2.24) is 20.5 Å². The van der Waals surface area contributed by atoms with Gasteiger partial charge in [0.25, 0.3) is 0 Å². The second-order valence-electron chi connectivity index (χ2n) is 8.78. The number of benzene rings is 1. The van der Waals surface area contributed by atoms with Gasteiger partial charge in [-0.2, -0.15) is 24.4 Å². The van der Waals surface area contributed by atoms with Crippen molar-refractivity contribution in [2.24, 2.45) is 5.73 Å². The maximum atomic E-state index is 13.6. The van der Waals surface area contributed by atoms with Gasteiger partial charge in [0.1, 0.15) is 18.1 Å². The van der Waals surface area contributed by atoms with Gasteiger partial charge in [-0.05, 0) is 42.9 Å². The molecule has 1 aliphatic rings. The number of carbonyl (C=O) groups excluding carboxylic acids is 3. The molecule has 2 aromatic rings. The van der Waals surface area contributed by atoms with Crippen molar-refractivity contribution in [3.63, 3.8) is 0 Å². The van der Waals surface area contributed by atoms with Crippen LogP contribution in [0.15, 0.2) is 30.5 Å². The lowest BCUT2D eigenvalue weighted by Crippen LogP contribution is -2.58. The molecule has 196 valence electrons. The molecule has 3 amide bonds. The molecule has 3 rings (SSSR count). The zero-order chi connectivity index (χ0) is 26.2. The molecule has 4 atom stereocenters. The van der Waals surface area contributed by atoms with Crippen LogP contribution in [0.25, 0.3) is 10.9 Å². The van der Waals surface area contributed by atoms with Crippen molar-refractivity contribution < 1.29 is 24.3 Å². The van der Waals surface area contributed by atoms with Gasteiger partial charge in [0, 0.05) is 35.8 Å². The number of aromatic amines is 1. The van der Waals surface area contributed by atoms with E-state index < -0.39 is 47.9 Å². The fraction of sp³-hybridized carbons (Fsp3) is 0.500. The highest BCUT2D eigenvalue weighted by molar-refractivity contribution is 7.98. The number of nitrogens with two attached hydrogens (primary N) is 1. The van der Waals surface area contributed by atoms with Gasteiger partial charge in [0.2, 0.25) is 17.7 Å². The van der Waals surface area contributed by atoms with E-state index in [1.807, 2.05) is 30.5 Å². The van der Waals surface area contributed by atoms with Gasteiger partial charge in [-0.15, -0.1) is 0 Å². The summed E-state index contributed by atoms with van der Waals surface area (Å²) in [4.78, 5) is 55.5. The zero-order valence-electron chi connectivity index (χ0n) is 20.1. The molecule has 6 N–H and O–H groups in total. The standard InChI is InChI=1S/C24H33N5O5S2/c1-36-10-8-18(27-21(30)16(25)13-35)22(31)28-19(23(32)29-9-4-7-20(29)24(33)34)11-14-12-26-17-6-3-2-5-15(14)17/h2-3,5-6,12,16,18-20,26,35H,4,7-11,13,25H2,1H3,(H,27,30)(H,28,31)(H,33,34). The molecule has 0 saturated carbocycles. The molecule has 10 nitrogen and oxygen atoms in total. The number of nitrogens with zero attached hydrogens (tertiary/aromatic N) is 1. The minimum absolute atomic E-state index is 0.121. The van der Waals surface area contributed by atoms with Crippen molar-refractivity contribution in [2.75, 3.05) is 24.3 Å². The Balaban J connectivity index is 1.86. The Labute approximate surface area is 219 Å². The van der Waals surface area contributed by atoms with Crippen LogP contribution < -0.4 is 16.4 Å². The summed E-state index contributed by atoms with van der Waals surface area (Å²) < 4.78 is 0. The van der Waals surface area contributed by atoms with Gasteiger partial charge in [-0.3, -0.25) is 14.4 Å². The Morgan fingerprint density at radius 3 is 2.64 bits per heavy atom. The smallest absolute Gasteiger partial charge is 0.326 e. The molecule has 1 aliphatic heterocycles. The van der Waals surface area contributed by atoms with Crippen LogP contribution in [0.1, 0.15) is 24.8 Å². The van der Waals surface area contributed by atoms with Crippen LogP contribution in [-0.4, -0.2) is 87.2 Å². The van der Waals surface area contributed by atoms with Crippen LogP contribution in [0.4, 0.5) is 0 Å². The molecule has 0 aliphatic carbocycles. The Bertz CT molecular complexity index is 1090. The number of thioether (sulfide) groups is 1. The number of para-hydroxylation sites is 1. The molecular weight excluding hydrogens is 502 g/mol. The maximum absolute atomic E-state index is 13.6. The quantitative estimate of drug-likeness (QED) is 0.219. The molecule has 2 heterocycles. The fourth-order valence-corrected chi connectivity index (χ4v) is 4.98. The number of aliphatic carboxylic acids is 1. The summed E-state index contributed by atoms with van der Waals surface area (Å²) in [5, 5.41) is 16.0. The molecule has 1 fully saturated rings. The number of nitrogens with one attached hydrogen (secondary N) is 3. The van der Waals surface area contributed by atoms with Gasteiger partial charge in [0.05, 0.1) is 6.04 Å². The lowest BCUT2D eigenvalue weighted by molar-refractivity contribution is -0.149. The minimum atomic E-state index is -1.07. The maximum Gasteiger partial charge on any atom is 0.326 e. The van der Waals surface area contributed by atoms with Crippen LogP contribution in [0, 0.1) is 0 Å². The van der Waals surface area contributed by atoms with E-state index in [2.05, 4.69) is 28.2 Å². The van der Waals surface area contributed by atoms with Crippen LogP contribution in [0.5, 0.6) is 0 Å². The van der Waals surface area contributed by atoms with Crippen molar-refractivity contribution in [2.45, 2.75) is 49.9 Å². The van der Waals surface area contributed by atoms with Crippen molar-refractivity contribution in [1.29, 1.82) is 0 Å². The van der Waals surface area contributed by atoms with E-state index in [-0.39, 0.29) is 12.2 Å². The fourth-order valence-electron chi connectivity index (χ4n) is 4.35. The first kappa shape index (κ1) is 27.9. The number of fused-ring (bicyclic) bond motifs is 1. The average Bonchev–Trinajstić information content (AvgIpc) is 3.52. The Hall–Kier alpha value is -2.70. The number of thiol groups is 1. The van der Waals surface area contributed by atoms with Crippen LogP contribution in [0.2, 0.25) is 0 Å². The predicted molar refractivity (Wildman–Crippen MR) is 143 cm³/mol. The van der Waals surface area contributed by atoms with E-state index >= 15 is 0 Å². The van der Waals surface area contributed by atoms with Gasteiger partial charge < -0.3 is 31.4 Å². The number of amides is 3. The van der Waals surface area contributed by atoms with E-state index in [4.69, 9.17) is 5.73 Å². The van der Waals surface area contributed by atoms with E-state index in [0.29, 0.717) is 31.6 Å². The number of hydrogen-bond donors (Lipinski definition) is 6. The molecule has 1 aromatic heterocycles. The number of carboxylic acid groups (broad SMARTS) is 1. The van der Waals surface area contributed by atoms with Crippen molar-refractivity contribution in [3.8, 4) is 0 Å². The minimum Gasteiger partial charge on any atom is -0.480 e. The average molecular weight is 536 g/mol. The summed E-state index contributed by atoms with van der Waals surface area (Å²) in [6.07, 6.45) is 5.12. The lowest BCUT2D eigenvalue weighted by atomic mass is 10.0. The summed E-state index contributed by atoms with van der Waals surface area (Å²) in [5.74, 6) is -1.83. The second kappa shape index (κ2) is 13.0. The summed E-state index contributed by atoms with van der Waals surface area (Å²) in [6, 6.07) is 3.89. The molecular formula is C24H33N5O5S2. The summed E-state index contributed by atoms with van der Waals surface area (Å²) in [7, 11) is 0. The largest absolute Gasteiger partial charge is 0.480 e. The summed E-state index contributed by atoms with van der Waals surface area (Å²) in [6.45, 7) is 0.305. The number of carboxylic acids is 1. The Kier molecular flexibility index (Phi) is 10.1. The topological polar surface area (TPSA) is 158 Å². The van der Waals surface area contributed by atoms with Crippen molar-refractivity contribution in [3.05, 3.63) is 36.0 Å². The molecule has 36 heavy (non-hydrogen) atoms. The Morgan fingerprint density at radius 2 is 1.94 bits per heavy atom. The Morgan fingerprint density at radius 1 is 1.22 bits per heavy atom. The molecule has 1 saturated heterocycles. The number of likely N-dealkylation sites (tertiary alicyclic amines) is 1. The summed E-state index contributed by atoms with van der Waals surface area (Å²) in [5.41, 5.74) is 7.47. The third-order valence-electron chi connectivity index (χ3n) is 6.31. The molecule has 0 radical (unpaired) electrons. The molecule has 12 heteroatoms. The number of H-pyrrole nitrogens is 1. The van der Waals surface area contributed by atoms with E-state index in [9.17, 15) is 24.3 Å². The van der Waals surface area contributed by atoms with E-state index in [0.717, 1.165) is 16.5 Å². The number of aromatic nitrogens is 1. The highest BCUT2D eigenvalue weighted by Crippen LogP contribution is 2.23. The molecule has 1 aromatic carbocycles. The first-order valence-corrected chi connectivity index (χ1v) is 13.8. The van der Waals surface area contributed by atoms with Crippen LogP contribution in [-0.2, 0) is 25.6 Å². The van der Waals surface area contributed by atoms with Gasteiger partial charge in [0.15, 0.2) is 0 Å². The van der Waals surface area contributed by atoms with Crippen LogP contribution in [0.3, 0.4) is 0 Å². The number of hydrogen-bond acceptors (Lipinski definition) is 7. The molecule has 0 spiro atoms. The monoisotopic (exact) mass is 535 g/mol. The predicted octanol–water partition coefficient (Wildman–Crippen LogP) is 0.766. The van der Waals surface area contributed by atoms with E-state index in [1.165, 1.54) is 16.7 Å². The lowest BCUT2D eigenvalue weighted by Gasteiger charge is -2.29. The van der Waals surface area contributed by atoms with Crippen molar-refractivity contribution >= 4 is 59.0 Å². The first-order chi connectivity index (χ1) is 17.3. The SMILES string of the molecule is CSCCC(NC(=O)C(N)CS)C(=O)NC(Cc1c[nH]c2ccccc12)C(=O)N1CCCC1C(=O)O. The first-order valence-electron chi connectivity index (χ1n) is 11.8. The molecule has 0 bridgehead atoms. The highest BCUT2D eigenvalue weighted by Gasteiger charge is 2.38. The third kappa shape index (κ3) is 6.74. The van der Waals surface area contributed by atoms with Gasteiger partial charge in [-0.25, -0.2) is 4.79 Å². The van der Waals surface area contributed by atoms with Gasteiger partial charge in [-0.1, -0.05) is 18.2 Å². The third-order valence-corrected chi connectivity index (χ3v) is 7.35. The number of carbonyl (C=O) groups is 4. The number of rotatable bonds is 12. The molecule has 4 unspecified atom stereocenters.